The molecule has 1 heterocycles. The van der Waals surface area contributed by atoms with Crippen molar-refractivity contribution in [3.8, 4) is 11.8 Å². The minimum atomic E-state index is -4.52. The van der Waals surface area contributed by atoms with Crippen LogP contribution in [-0.4, -0.2) is 16.9 Å². The number of rotatable bonds is 5. The van der Waals surface area contributed by atoms with Crippen LogP contribution in [-0.2, 0) is 12.7 Å². The largest absolute Gasteiger partial charge is 0.416 e. The molecule has 2 N–H and O–H groups in total. The molecule has 186 valence electrons. The minimum Gasteiger partial charge on any atom is -0.322 e. The number of carbonyl (C=O) groups excluding carboxylic acids is 1. The molecular weight excluding hydrogens is 475 g/mol. The lowest BCUT2D eigenvalue weighted by atomic mass is 10.0. The fourth-order valence-electron chi connectivity index (χ4n) is 4.07. The number of hydrogen-bond acceptors (Lipinski definition) is 3. The van der Waals surface area contributed by atoms with Crippen molar-refractivity contribution < 1.29 is 18.0 Å². The average molecular weight is 500 g/mol. The molecule has 1 saturated carbocycles. The van der Waals surface area contributed by atoms with E-state index in [2.05, 4.69) is 27.5 Å². The molecule has 1 aliphatic rings. The van der Waals surface area contributed by atoms with Gasteiger partial charge in [0, 0.05) is 52.6 Å². The first-order chi connectivity index (χ1) is 17.8. The molecule has 3 aromatic carbocycles. The standard InChI is InChI=1S/C30H24F3N3O/c1-19-6-7-21(14-20(19)8-9-23-17-34-16-22-4-2-3-5-27(22)23)29(37)36-26-11-10-24(18-35-25-12-13-25)28(15-26)30(31,32)33/h2-7,10-11,14-17,25,35H,12-13,18H2,1H3,(H,36,37). The summed E-state index contributed by atoms with van der Waals surface area (Å²) in [7, 11) is 0. The van der Waals surface area contributed by atoms with Gasteiger partial charge in [0.15, 0.2) is 0 Å². The monoisotopic (exact) mass is 499 g/mol. The number of alkyl halides is 3. The van der Waals surface area contributed by atoms with E-state index in [0.29, 0.717) is 11.1 Å². The molecule has 1 aromatic heterocycles. The van der Waals surface area contributed by atoms with Gasteiger partial charge in [-0.05, 0) is 55.2 Å². The smallest absolute Gasteiger partial charge is 0.322 e. The Balaban J connectivity index is 1.38. The number of nitrogens with one attached hydrogen (secondary N) is 2. The van der Waals surface area contributed by atoms with Crippen LogP contribution < -0.4 is 10.6 Å². The fraction of sp³-hybridized carbons (Fsp3) is 0.200. The Morgan fingerprint density at radius 3 is 2.57 bits per heavy atom. The number of amides is 1. The summed E-state index contributed by atoms with van der Waals surface area (Å²) in [6, 6.07) is 17.0. The molecule has 1 fully saturated rings. The summed E-state index contributed by atoms with van der Waals surface area (Å²) >= 11 is 0. The van der Waals surface area contributed by atoms with E-state index in [9.17, 15) is 18.0 Å². The van der Waals surface area contributed by atoms with Gasteiger partial charge >= 0.3 is 6.18 Å². The Morgan fingerprint density at radius 2 is 1.78 bits per heavy atom. The molecule has 7 heteroatoms. The van der Waals surface area contributed by atoms with Crippen LogP contribution in [0.15, 0.2) is 73.1 Å². The molecule has 0 radical (unpaired) electrons. The number of hydrogen-bond donors (Lipinski definition) is 2. The van der Waals surface area contributed by atoms with E-state index in [0.717, 1.165) is 40.8 Å². The van der Waals surface area contributed by atoms with Crippen molar-refractivity contribution in [1.29, 1.82) is 0 Å². The Kier molecular flexibility index (Phi) is 6.68. The SMILES string of the molecule is Cc1ccc(C(=O)Nc2ccc(CNC3CC3)c(C(F)(F)F)c2)cc1C#Cc1cncc2ccccc12. The molecule has 0 bridgehead atoms. The molecule has 0 spiro atoms. The summed E-state index contributed by atoms with van der Waals surface area (Å²) in [6.07, 6.45) is 0.916. The second-order valence-corrected chi connectivity index (χ2v) is 9.17. The predicted octanol–water partition coefficient (Wildman–Crippen LogP) is 6.47. The van der Waals surface area contributed by atoms with E-state index in [1.165, 1.54) is 12.1 Å². The molecule has 0 atom stereocenters. The predicted molar refractivity (Wildman–Crippen MR) is 138 cm³/mol. The van der Waals surface area contributed by atoms with Crippen LogP contribution in [0.3, 0.4) is 0 Å². The second-order valence-electron chi connectivity index (χ2n) is 9.17. The van der Waals surface area contributed by atoms with E-state index in [-0.39, 0.29) is 23.8 Å². The Labute approximate surface area is 212 Å². The van der Waals surface area contributed by atoms with Crippen LogP contribution in [0.25, 0.3) is 10.8 Å². The fourth-order valence-corrected chi connectivity index (χ4v) is 4.07. The summed E-state index contributed by atoms with van der Waals surface area (Å²) in [5.41, 5.74) is 2.10. The van der Waals surface area contributed by atoms with Gasteiger partial charge in [-0.15, -0.1) is 0 Å². The Bertz CT molecular complexity index is 1540. The third-order valence-corrected chi connectivity index (χ3v) is 6.33. The first kappa shape index (κ1) is 24.5. The zero-order valence-electron chi connectivity index (χ0n) is 20.1. The maximum atomic E-state index is 13.7. The van der Waals surface area contributed by atoms with Gasteiger partial charge in [0.2, 0.25) is 0 Å². The number of aryl methyl sites for hydroxylation is 1. The maximum Gasteiger partial charge on any atom is 0.416 e. The summed E-state index contributed by atoms with van der Waals surface area (Å²) in [6.45, 7) is 2.02. The van der Waals surface area contributed by atoms with Gasteiger partial charge in [-0.1, -0.05) is 48.2 Å². The first-order valence-corrected chi connectivity index (χ1v) is 12.0. The van der Waals surface area contributed by atoms with Gasteiger partial charge in [-0.25, -0.2) is 0 Å². The van der Waals surface area contributed by atoms with E-state index in [4.69, 9.17) is 0 Å². The number of aromatic nitrogens is 1. The third kappa shape index (κ3) is 5.82. The van der Waals surface area contributed by atoms with E-state index < -0.39 is 17.6 Å². The molecule has 37 heavy (non-hydrogen) atoms. The molecule has 4 aromatic rings. The van der Waals surface area contributed by atoms with Gasteiger partial charge in [-0.3, -0.25) is 9.78 Å². The van der Waals surface area contributed by atoms with Crippen molar-refractivity contribution in [3.63, 3.8) is 0 Å². The van der Waals surface area contributed by atoms with Crippen LogP contribution in [0.5, 0.6) is 0 Å². The van der Waals surface area contributed by atoms with Crippen LogP contribution in [0.4, 0.5) is 18.9 Å². The number of nitrogens with zero attached hydrogens (tertiary/aromatic N) is 1. The zero-order chi connectivity index (χ0) is 26.0. The van der Waals surface area contributed by atoms with Crippen LogP contribution in [0, 0.1) is 18.8 Å². The normalized spacial score (nSPS) is 13.2. The number of carbonyl (C=O) groups is 1. The number of benzene rings is 3. The molecule has 0 unspecified atom stereocenters. The highest BCUT2D eigenvalue weighted by Crippen LogP contribution is 2.34. The van der Waals surface area contributed by atoms with Crippen molar-refractivity contribution in [2.75, 3.05) is 5.32 Å². The van der Waals surface area contributed by atoms with Crippen molar-refractivity contribution >= 4 is 22.4 Å². The van der Waals surface area contributed by atoms with E-state index >= 15 is 0 Å². The summed E-state index contributed by atoms with van der Waals surface area (Å²) < 4.78 is 41.1. The molecule has 1 amide bonds. The quantitative estimate of drug-likeness (QED) is 0.310. The third-order valence-electron chi connectivity index (χ3n) is 6.33. The van der Waals surface area contributed by atoms with Crippen LogP contribution in [0.1, 0.15) is 51.0 Å². The zero-order valence-corrected chi connectivity index (χ0v) is 20.1. The van der Waals surface area contributed by atoms with Crippen molar-refractivity contribution in [3.05, 3.63) is 106 Å². The highest BCUT2D eigenvalue weighted by molar-refractivity contribution is 6.04. The van der Waals surface area contributed by atoms with Crippen molar-refractivity contribution in [1.82, 2.24) is 10.3 Å². The lowest BCUT2D eigenvalue weighted by Gasteiger charge is -2.16. The van der Waals surface area contributed by atoms with E-state index in [1.54, 1.807) is 30.6 Å². The second kappa shape index (κ2) is 10.1. The lowest BCUT2D eigenvalue weighted by molar-refractivity contribution is -0.138. The van der Waals surface area contributed by atoms with Crippen molar-refractivity contribution in [2.24, 2.45) is 0 Å². The van der Waals surface area contributed by atoms with Gasteiger partial charge in [0.1, 0.15) is 0 Å². The number of halogens is 3. The van der Waals surface area contributed by atoms with Crippen LogP contribution in [0.2, 0.25) is 0 Å². The molecular formula is C30H24F3N3O. The van der Waals surface area contributed by atoms with Gasteiger partial charge < -0.3 is 10.6 Å². The maximum absolute atomic E-state index is 13.7. The molecule has 4 nitrogen and oxygen atoms in total. The topological polar surface area (TPSA) is 54.0 Å². The summed E-state index contributed by atoms with van der Waals surface area (Å²) in [5, 5.41) is 7.67. The number of anilines is 1. The van der Waals surface area contributed by atoms with Gasteiger partial charge in [-0.2, -0.15) is 13.2 Å². The highest BCUT2D eigenvalue weighted by atomic mass is 19.4. The van der Waals surface area contributed by atoms with Crippen LogP contribution >= 0.6 is 0 Å². The average Bonchev–Trinajstić information content (AvgIpc) is 3.71. The lowest BCUT2D eigenvalue weighted by Crippen LogP contribution is -2.20. The Hall–Kier alpha value is -4.15. The molecule has 5 rings (SSSR count). The summed E-state index contributed by atoms with van der Waals surface area (Å²) in [5.74, 6) is 5.75. The molecule has 0 aliphatic heterocycles. The first-order valence-electron chi connectivity index (χ1n) is 12.0. The van der Waals surface area contributed by atoms with Crippen molar-refractivity contribution in [2.45, 2.75) is 38.5 Å². The summed E-state index contributed by atoms with van der Waals surface area (Å²) in [4.78, 5) is 17.2. The Morgan fingerprint density at radius 1 is 1.00 bits per heavy atom. The highest BCUT2D eigenvalue weighted by Gasteiger charge is 2.34. The molecule has 1 aliphatic carbocycles. The number of fused-ring (bicyclic) bond motifs is 1. The minimum absolute atomic E-state index is 0.0857. The van der Waals surface area contributed by atoms with E-state index in [1.807, 2.05) is 31.2 Å². The molecule has 0 saturated heterocycles. The van der Waals surface area contributed by atoms with Gasteiger partial charge in [0.25, 0.3) is 5.91 Å². The van der Waals surface area contributed by atoms with Gasteiger partial charge in [0.05, 0.1) is 11.1 Å². The number of pyridine rings is 1.